The first-order chi connectivity index (χ1) is 18.2. The lowest BCUT2D eigenvalue weighted by atomic mass is 9.95. The van der Waals surface area contributed by atoms with Gasteiger partial charge < -0.3 is 28.7 Å². The molecular weight excluding hydrogens is 547 g/mol. The Hall–Kier alpha value is -2.18. The van der Waals surface area contributed by atoms with E-state index >= 15 is 0 Å². The highest BCUT2D eigenvalue weighted by Gasteiger charge is 2.56. The van der Waals surface area contributed by atoms with E-state index in [1.807, 2.05) is 13.8 Å². The van der Waals surface area contributed by atoms with E-state index in [2.05, 4.69) is 5.09 Å². The molecule has 6 atom stereocenters. The molecular formula is C26H37N2O9PS. The van der Waals surface area contributed by atoms with Gasteiger partial charge in [-0.15, -0.1) is 0 Å². The molecule has 3 rings (SSSR count). The minimum Gasteiger partial charge on any atom is -0.462 e. The second-order valence-corrected chi connectivity index (χ2v) is 13.6. The summed E-state index contributed by atoms with van der Waals surface area (Å²) in [5.74, 6) is -0.925. The summed E-state index contributed by atoms with van der Waals surface area (Å²) in [6.45, 7) is 4.92. The molecule has 1 fully saturated rings. The third-order valence-corrected chi connectivity index (χ3v) is 8.50. The van der Waals surface area contributed by atoms with Crippen LogP contribution >= 0.6 is 6.64 Å². The van der Waals surface area contributed by atoms with Crippen LogP contribution in [0.4, 0.5) is 0 Å². The predicted octanol–water partition coefficient (Wildman–Crippen LogP) is 2.41. The van der Waals surface area contributed by atoms with E-state index in [4.69, 9.17) is 30.3 Å². The maximum absolute atomic E-state index is 12.9. The molecule has 13 heteroatoms. The van der Waals surface area contributed by atoms with E-state index in [0.29, 0.717) is 12.2 Å². The Balaban J connectivity index is 1.82. The molecule has 2 aliphatic heterocycles. The van der Waals surface area contributed by atoms with Gasteiger partial charge in [-0.25, -0.2) is 5.09 Å². The van der Waals surface area contributed by atoms with Crippen LogP contribution in [0.15, 0.2) is 42.6 Å². The highest BCUT2D eigenvalue weighted by Crippen LogP contribution is 2.47. The van der Waals surface area contributed by atoms with Crippen molar-refractivity contribution in [2.24, 2.45) is 5.92 Å². The first-order valence-electron chi connectivity index (χ1n) is 12.8. The number of hydrogen-bond donors (Lipinski definition) is 3. The van der Waals surface area contributed by atoms with Gasteiger partial charge in [-0.1, -0.05) is 32.0 Å². The number of allylic oxidation sites excluding steroid dienone is 1. The lowest BCUT2D eigenvalue weighted by Crippen LogP contribution is -2.54. The second kappa shape index (κ2) is 13.0. The number of carbonyl (C=O) groups is 3. The van der Waals surface area contributed by atoms with Crippen LogP contribution in [0.2, 0.25) is 0 Å². The molecule has 1 saturated heterocycles. The minimum atomic E-state index is -3.47. The van der Waals surface area contributed by atoms with Crippen molar-refractivity contribution in [3.63, 3.8) is 0 Å². The van der Waals surface area contributed by atoms with Crippen LogP contribution in [0.5, 0.6) is 5.75 Å². The Kier molecular flexibility index (Phi) is 10.4. The SMILES string of the molecule is CC(C)CC(NP(=S)(OC[C@H]1O[C@@H](N2C=CC(=O)CC2=O)[C@](C)(O)[C@@H]1O)Oc1ccccc1)C(=O)OC(C)C. The van der Waals surface area contributed by atoms with Gasteiger partial charge in [0, 0.05) is 6.20 Å². The lowest BCUT2D eigenvalue weighted by Gasteiger charge is -2.34. The molecule has 0 saturated carbocycles. The zero-order valence-corrected chi connectivity index (χ0v) is 24.4. The summed E-state index contributed by atoms with van der Waals surface area (Å²) in [5, 5.41) is 25.0. The number of esters is 1. The number of aliphatic hydroxyl groups excluding tert-OH is 1. The summed E-state index contributed by atoms with van der Waals surface area (Å²) in [6, 6.07) is 7.86. The smallest absolute Gasteiger partial charge is 0.323 e. The van der Waals surface area contributed by atoms with Crippen LogP contribution in [-0.4, -0.2) is 75.6 Å². The lowest BCUT2D eigenvalue weighted by molar-refractivity contribution is -0.158. The number of ether oxygens (including phenoxy) is 2. The molecule has 1 amide bonds. The van der Waals surface area contributed by atoms with Crippen molar-refractivity contribution >= 4 is 36.1 Å². The molecule has 0 bridgehead atoms. The number of nitrogens with one attached hydrogen (secondary N) is 1. The van der Waals surface area contributed by atoms with Crippen molar-refractivity contribution in [1.82, 2.24) is 9.99 Å². The van der Waals surface area contributed by atoms with Crippen LogP contribution < -0.4 is 9.61 Å². The second-order valence-electron chi connectivity index (χ2n) is 10.5. The molecule has 0 aliphatic carbocycles. The van der Waals surface area contributed by atoms with E-state index in [0.717, 1.165) is 4.90 Å². The van der Waals surface area contributed by atoms with Crippen LogP contribution in [0.1, 0.15) is 47.5 Å². The number of benzene rings is 1. The van der Waals surface area contributed by atoms with Crippen molar-refractivity contribution < 1.29 is 43.1 Å². The standard InChI is InChI=1S/C26H37N2O9PS/c1-16(2)13-20(24(32)35-17(3)4)27-38(39,37-19-9-7-6-8-10-19)34-15-21-23(31)26(5,33)25(36-21)28-12-11-18(29)14-22(28)30/h6-12,16-17,20-21,23,25,31,33H,13-15H2,1-5H3,(H,27,39)/t20?,21-,23-,25-,26-,38?/m1/s1. The first-order valence-corrected chi connectivity index (χ1v) is 15.4. The maximum atomic E-state index is 12.9. The Bertz CT molecular complexity index is 1110. The normalized spacial score (nSPS) is 27.6. The molecule has 0 radical (unpaired) electrons. The summed E-state index contributed by atoms with van der Waals surface area (Å²) >= 11 is 5.80. The van der Waals surface area contributed by atoms with Crippen molar-refractivity contribution in [3.05, 3.63) is 42.6 Å². The van der Waals surface area contributed by atoms with Crippen LogP contribution in [0.3, 0.4) is 0 Å². The Morgan fingerprint density at radius 1 is 1.26 bits per heavy atom. The molecule has 2 aliphatic rings. The molecule has 216 valence electrons. The number of carbonyl (C=O) groups excluding carboxylic acids is 3. The van der Waals surface area contributed by atoms with Gasteiger partial charge in [0.1, 0.15) is 29.6 Å². The third kappa shape index (κ3) is 8.17. The number of nitrogens with zero attached hydrogens (tertiary/aromatic N) is 1. The van der Waals surface area contributed by atoms with Crippen LogP contribution in [0, 0.1) is 5.92 Å². The van der Waals surface area contributed by atoms with Crippen molar-refractivity contribution in [3.8, 4) is 5.75 Å². The minimum absolute atomic E-state index is 0.111. The quantitative estimate of drug-likeness (QED) is 0.189. The van der Waals surface area contributed by atoms with E-state index in [-0.39, 0.29) is 30.8 Å². The van der Waals surface area contributed by atoms with E-state index in [1.165, 1.54) is 19.2 Å². The highest BCUT2D eigenvalue weighted by molar-refractivity contribution is 8.09. The molecule has 0 spiro atoms. The molecule has 11 nitrogen and oxygen atoms in total. The molecule has 2 unspecified atom stereocenters. The van der Waals surface area contributed by atoms with Gasteiger partial charge in [0.2, 0.25) is 5.91 Å². The van der Waals surface area contributed by atoms with Gasteiger partial charge in [-0.3, -0.25) is 19.3 Å². The number of rotatable bonds is 12. The molecule has 3 N–H and O–H groups in total. The number of ketones is 1. The average molecular weight is 585 g/mol. The summed E-state index contributed by atoms with van der Waals surface area (Å²) < 4.78 is 23.4. The maximum Gasteiger partial charge on any atom is 0.323 e. The largest absolute Gasteiger partial charge is 0.462 e. The monoisotopic (exact) mass is 584 g/mol. The molecule has 1 aromatic carbocycles. The third-order valence-electron chi connectivity index (χ3n) is 6.08. The zero-order chi connectivity index (χ0) is 29.0. The molecule has 1 aromatic rings. The number of aliphatic hydroxyl groups is 2. The van der Waals surface area contributed by atoms with Gasteiger partial charge in [-0.2, -0.15) is 0 Å². The Morgan fingerprint density at radius 2 is 1.92 bits per heavy atom. The van der Waals surface area contributed by atoms with Crippen molar-refractivity contribution in [2.75, 3.05) is 6.61 Å². The van der Waals surface area contributed by atoms with Crippen LogP contribution in [-0.2, 0) is 40.2 Å². The van der Waals surface area contributed by atoms with Gasteiger partial charge in [-0.05, 0) is 63.1 Å². The van der Waals surface area contributed by atoms with Crippen molar-refractivity contribution in [2.45, 2.75) is 83.6 Å². The molecule has 39 heavy (non-hydrogen) atoms. The van der Waals surface area contributed by atoms with E-state index < -0.39 is 48.6 Å². The highest BCUT2D eigenvalue weighted by atomic mass is 32.5. The number of para-hydroxylation sites is 1. The fourth-order valence-corrected chi connectivity index (χ4v) is 6.53. The summed E-state index contributed by atoms with van der Waals surface area (Å²) in [5.41, 5.74) is -1.88. The first kappa shape index (κ1) is 31.3. The van der Waals surface area contributed by atoms with Gasteiger partial charge in [0.05, 0.1) is 19.1 Å². The number of amides is 1. The Morgan fingerprint density at radius 3 is 2.51 bits per heavy atom. The topological polar surface area (TPSA) is 144 Å². The zero-order valence-electron chi connectivity index (χ0n) is 22.7. The van der Waals surface area contributed by atoms with Gasteiger partial charge >= 0.3 is 12.6 Å². The number of hydrogen-bond acceptors (Lipinski definition) is 10. The fourth-order valence-electron chi connectivity index (χ4n) is 4.19. The van der Waals surface area contributed by atoms with E-state index in [1.54, 1.807) is 44.2 Å². The summed E-state index contributed by atoms with van der Waals surface area (Å²) in [4.78, 5) is 38.0. The van der Waals surface area contributed by atoms with Crippen LogP contribution in [0.25, 0.3) is 0 Å². The van der Waals surface area contributed by atoms with Gasteiger partial charge in [0.15, 0.2) is 12.0 Å². The summed E-state index contributed by atoms with van der Waals surface area (Å²) in [6.07, 6.45) is -1.74. The Labute approximate surface area is 233 Å². The van der Waals surface area contributed by atoms with Gasteiger partial charge in [0.25, 0.3) is 0 Å². The van der Waals surface area contributed by atoms with Crippen molar-refractivity contribution in [1.29, 1.82) is 0 Å². The molecule has 2 heterocycles. The average Bonchev–Trinajstić information content (AvgIpc) is 3.06. The fraction of sp³-hybridized carbons (Fsp3) is 0.577. The molecule has 0 aromatic heterocycles. The van der Waals surface area contributed by atoms with E-state index in [9.17, 15) is 24.6 Å². The predicted molar refractivity (Wildman–Crippen MR) is 146 cm³/mol. The summed E-state index contributed by atoms with van der Waals surface area (Å²) in [7, 11) is 0.